The van der Waals surface area contributed by atoms with Crippen molar-refractivity contribution >= 4 is 50.8 Å². The van der Waals surface area contributed by atoms with E-state index in [2.05, 4.69) is 51.0 Å². The molecule has 0 spiro atoms. The van der Waals surface area contributed by atoms with E-state index in [-0.39, 0.29) is 5.91 Å². The van der Waals surface area contributed by atoms with Crippen LogP contribution < -0.4 is 9.62 Å². The number of anilines is 2. The largest absolute Gasteiger partial charge is 0.313 e. The van der Waals surface area contributed by atoms with E-state index < -0.39 is 0 Å². The first kappa shape index (κ1) is 20.9. The number of rotatable bonds is 6. The highest BCUT2D eigenvalue weighted by atomic mass is 32.2. The molecule has 0 atom stereocenters. The molecule has 4 rings (SSSR count). The molecule has 154 valence electrons. The standard InChI is InChI=1S/C24H20N4OS2/c1-16-22(23(29)27-30-2)26-24(31-16)28(21-11-8-17(14-25)9-12-21)15-18-7-10-19-5-3-4-6-20(19)13-18/h3-13H,15H2,1-2H3,(H,27,29). The summed E-state index contributed by atoms with van der Waals surface area (Å²) in [7, 11) is 0. The Bertz CT molecular complexity index is 1270. The molecule has 1 N–H and O–H groups in total. The molecule has 0 aliphatic rings. The number of hydrogen-bond donors (Lipinski definition) is 1. The number of amides is 1. The van der Waals surface area contributed by atoms with Gasteiger partial charge in [0.2, 0.25) is 0 Å². The Kier molecular flexibility index (Phi) is 6.21. The lowest BCUT2D eigenvalue weighted by Crippen LogP contribution is -2.19. The van der Waals surface area contributed by atoms with Crippen molar-refractivity contribution in [1.82, 2.24) is 9.71 Å². The van der Waals surface area contributed by atoms with E-state index in [1.807, 2.05) is 37.4 Å². The zero-order valence-corrected chi connectivity index (χ0v) is 18.8. The predicted octanol–water partition coefficient (Wildman–Crippen LogP) is 5.82. The van der Waals surface area contributed by atoms with E-state index in [4.69, 9.17) is 5.26 Å². The minimum absolute atomic E-state index is 0.196. The molecule has 3 aromatic carbocycles. The predicted molar refractivity (Wildman–Crippen MR) is 129 cm³/mol. The molecule has 1 aromatic heterocycles. The van der Waals surface area contributed by atoms with Crippen LogP contribution in [0.4, 0.5) is 10.8 Å². The van der Waals surface area contributed by atoms with Crippen molar-refractivity contribution in [3.05, 3.63) is 88.4 Å². The van der Waals surface area contributed by atoms with Crippen LogP contribution >= 0.6 is 23.3 Å². The van der Waals surface area contributed by atoms with Crippen LogP contribution in [0.15, 0.2) is 66.7 Å². The van der Waals surface area contributed by atoms with E-state index >= 15 is 0 Å². The molecule has 5 nitrogen and oxygen atoms in total. The second-order valence-corrected chi connectivity index (χ2v) is 8.76. The molecule has 0 saturated carbocycles. The summed E-state index contributed by atoms with van der Waals surface area (Å²) in [6, 6.07) is 24.2. The highest BCUT2D eigenvalue weighted by Gasteiger charge is 2.20. The van der Waals surface area contributed by atoms with Gasteiger partial charge in [-0.25, -0.2) is 4.98 Å². The van der Waals surface area contributed by atoms with Crippen LogP contribution in [0.3, 0.4) is 0 Å². The fraction of sp³-hybridized carbons (Fsp3) is 0.125. The smallest absolute Gasteiger partial charge is 0.280 e. The lowest BCUT2D eigenvalue weighted by Gasteiger charge is -2.22. The molecule has 1 amide bonds. The normalized spacial score (nSPS) is 10.6. The molecular weight excluding hydrogens is 424 g/mol. The van der Waals surface area contributed by atoms with E-state index in [9.17, 15) is 4.79 Å². The molecule has 4 aromatic rings. The minimum atomic E-state index is -0.196. The summed E-state index contributed by atoms with van der Waals surface area (Å²) >= 11 is 2.74. The highest BCUT2D eigenvalue weighted by Crippen LogP contribution is 2.33. The Labute approximate surface area is 189 Å². The van der Waals surface area contributed by atoms with Gasteiger partial charge in [0.1, 0.15) is 5.69 Å². The summed E-state index contributed by atoms with van der Waals surface area (Å²) in [6.45, 7) is 2.50. The summed E-state index contributed by atoms with van der Waals surface area (Å²) in [5, 5.41) is 12.3. The quantitative estimate of drug-likeness (QED) is 0.379. The first-order chi connectivity index (χ1) is 15.1. The van der Waals surface area contributed by atoms with E-state index in [1.165, 1.54) is 34.1 Å². The average molecular weight is 445 g/mol. The fourth-order valence-electron chi connectivity index (χ4n) is 3.35. The third-order valence-corrected chi connectivity index (χ3v) is 6.27. The lowest BCUT2D eigenvalue weighted by molar-refractivity contribution is 0.0980. The molecule has 0 aliphatic carbocycles. The number of benzene rings is 3. The van der Waals surface area contributed by atoms with Gasteiger partial charge in [-0.05, 0) is 53.6 Å². The fourth-order valence-corrected chi connectivity index (χ4v) is 4.56. The third kappa shape index (κ3) is 4.55. The molecule has 0 radical (unpaired) electrons. The van der Waals surface area contributed by atoms with Crippen LogP contribution in [-0.4, -0.2) is 17.1 Å². The second-order valence-electron chi connectivity index (χ2n) is 6.96. The molecule has 0 fully saturated rings. The monoisotopic (exact) mass is 444 g/mol. The van der Waals surface area contributed by atoms with Crippen molar-refractivity contribution in [2.24, 2.45) is 0 Å². The molecule has 0 unspecified atom stereocenters. The van der Waals surface area contributed by atoms with Gasteiger partial charge in [0.25, 0.3) is 5.91 Å². The maximum absolute atomic E-state index is 12.4. The van der Waals surface area contributed by atoms with Gasteiger partial charge in [0.05, 0.1) is 18.2 Å². The Morgan fingerprint density at radius 2 is 1.87 bits per heavy atom. The van der Waals surface area contributed by atoms with E-state index in [0.29, 0.717) is 17.8 Å². The molecule has 7 heteroatoms. The van der Waals surface area contributed by atoms with Gasteiger partial charge < -0.3 is 4.90 Å². The van der Waals surface area contributed by atoms with Gasteiger partial charge in [0, 0.05) is 16.8 Å². The number of carbonyl (C=O) groups is 1. The molecule has 1 heterocycles. The first-order valence-electron chi connectivity index (χ1n) is 9.65. The van der Waals surface area contributed by atoms with Crippen molar-refractivity contribution in [3.63, 3.8) is 0 Å². The number of fused-ring (bicyclic) bond motifs is 1. The maximum Gasteiger partial charge on any atom is 0.280 e. The van der Waals surface area contributed by atoms with Crippen molar-refractivity contribution in [3.8, 4) is 6.07 Å². The summed E-state index contributed by atoms with van der Waals surface area (Å²) in [5.41, 5.74) is 3.08. The van der Waals surface area contributed by atoms with Crippen LogP contribution in [0, 0.1) is 18.3 Å². The van der Waals surface area contributed by atoms with Crippen molar-refractivity contribution in [2.45, 2.75) is 13.5 Å². The van der Waals surface area contributed by atoms with Gasteiger partial charge in [-0.2, -0.15) is 5.26 Å². The lowest BCUT2D eigenvalue weighted by atomic mass is 10.1. The van der Waals surface area contributed by atoms with Crippen LogP contribution in [0.1, 0.15) is 26.5 Å². The summed E-state index contributed by atoms with van der Waals surface area (Å²) in [6.07, 6.45) is 1.81. The van der Waals surface area contributed by atoms with Gasteiger partial charge in [-0.1, -0.05) is 48.3 Å². The molecular formula is C24H20N4OS2. The van der Waals surface area contributed by atoms with E-state index in [0.717, 1.165) is 21.3 Å². The molecule has 0 saturated heterocycles. The number of aromatic nitrogens is 1. The van der Waals surface area contributed by atoms with Crippen molar-refractivity contribution in [2.75, 3.05) is 11.2 Å². The number of thiazole rings is 1. The average Bonchev–Trinajstić information content (AvgIpc) is 3.19. The van der Waals surface area contributed by atoms with Gasteiger partial charge in [0.15, 0.2) is 5.13 Å². The number of hydrogen-bond acceptors (Lipinski definition) is 6. The summed E-state index contributed by atoms with van der Waals surface area (Å²) in [5.74, 6) is -0.196. The number of aryl methyl sites for hydroxylation is 1. The van der Waals surface area contributed by atoms with Crippen molar-refractivity contribution in [1.29, 1.82) is 5.26 Å². The Morgan fingerprint density at radius 1 is 1.13 bits per heavy atom. The summed E-state index contributed by atoms with van der Waals surface area (Å²) in [4.78, 5) is 20.0. The minimum Gasteiger partial charge on any atom is -0.313 e. The number of carbonyl (C=O) groups excluding carboxylic acids is 1. The SMILES string of the molecule is CSNC(=O)c1nc(N(Cc2ccc3ccccc3c2)c2ccc(C#N)cc2)sc1C. The number of nitriles is 1. The molecule has 31 heavy (non-hydrogen) atoms. The van der Waals surface area contributed by atoms with Crippen LogP contribution in [0.2, 0.25) is 0 Å². The van der Waals surface area contributed by atoms with Gasteiger partial charge in [-0.15, -0.1) is 11.3 Å². The van der Waals surface area contributed by atoms with Gasteiger partial charge >= 0.3 is 0 Å². The maximum atomic E-state index is 12.4. The zero-order chi connectivity index (χ0) is 21.8. The topological polar surface area (TPSA) is 69.0 Å². The Morgan fingerprint density at radius 3 is 2.58 bits per heavy atom. The number of nitrogens with zero attached hydrogens (tertiary/aromatic N) is 3. The second kappa shape index (κ2) is 9.21. The van der Waals surface area contributed by atoms with Crippen LogP contribution in [-0.2, 0) is 6.54 Å². The highest BCUT2D eigenvalue weighted by molar-refractivity contribution is 7.97. The Hall–Kier alpha value is -3.34. The van der Waals surface area contributed by atoms with E-state index in [1.54, 1.807) is 12.1 Å². The molecule has 0 bridgehead atoms. The third-order valence-electron chi connectivity index (χ3n) is 4.89. The molecule has 0 aliphatic heterocycles. The number of nitrogens with one attached hydrogen (secondary N) is 1. The first-order valence-corrected chi connectivity index (χ1v) is 11.7. The Balaban J connectivity index is 1.74. The van der Waals surface area contributed by atoms with Crippen molar-refractivity contribution < 1.29 is 4.79 Å². The van der Waals surface area contributed by atoms with Crippen LogP contribution in [0.5, 0.6) is 0 Å². The zero-order valence-electron chi connectivity index (χ0n) is 17.1. The van der Waals surface area contributed by atoms with Crippen LogP contribution in [0.25, 0.3) is 10.8 Å². The van der Waals surface area contributed by atoms with Gasteiger partial charge in [-0.3, -0.25) is 9.52 Å². The summed E-state index contributed by atoms with van der Waals surface area (Å²) < 4.78 is 2.75.